The Balaban J connectivity index is 1.72. The van der Waals surface area contributed by atoms with Gasteiger partial charge in [-0.2, -0.15) is 0 Å². The number of hydrogen-bond donors (Lipinski definition) is 3. The molecule has 3 nitrogen and oxygen atoms in total. The van der Waals surface area contributed by atoms with Crippen LogP contribution in [0.4, 0.5) is 0 Å². The molecule has 3 aliphatic rings. The Labute approximate surface area is 158 Å². The fourth-order valence-corrected chi connectivity index (χ4v) is 5.26. The lowest BCUT2D eigenvalue weighted by Crippen LogP contribution is -2.31. The van der Waals surface area contributed by atoms with Crippen LogP contribution in [0.1, 0.15) is 78.6 Å². The molecule has 2 unspecified atom stereocenters. The van der Waals surface area contributed by atoms with Crippen molar-refractivity contribution in [2.45, 2.75) is 96.4 Å². The minimum absolute atomic E-state index is 0.236. The summed E-state index contributed by atoms with van der Waals surface area (Å²) in [5, 5.41) is 29.9. The molecule has 3 N–H and O–H groups in total. The second-order valence-electron chi connectivity index (χ2n) is 9.62. The van der Waals surface area contributed by atoms with Crippen LogP contribution in [-0.4, -0.2) is 33.1 Å². The van der Waals surface area contributed by atoms with Crippen LogP contribution in [0.2, 0.25) is 0 Å². The van der Waals surface area contributed by atoms with E-state index in [2.05, 4.69) is 25.2 Å². The number of hydrogen-bond acceptors (Lipinski definition) is 3. The first kappa shape index (κ1) is 19.9. The Morgan fingerprint density at radius 3 is 2.54 bits per heavy atom. The van der Waals surface area contributed by atoms with Gasteiger partial charge in [0.05, 0.1) is 17.8 Å². The molecule has 3 rings (SSSR count). The summed E-state index contributed by atoms with van der Waals surface area (Å²) < 4.78 is 0. The smallest absolute Gasteiger partial charge is 0.0602 e. The molecule has 3 aliphatic carbocycles. The molecule has 0 spiro atoms. The molecule has 146 valence electrons. The molecular formula is C23H36O3. The number of fused-ring (bicyclic) bond motifs is 1. The van der Waals surface area contributed by atoms with Crippen molar-refractivity contribution < 1.29 is 15.3 Å². The van der Waals surface area contributed by atoms with Gasteiger partial charge in [-0.05, 0) is 83.0 Å². The first-order valence-electron chi connectivity index (χ1n) is 10.3. The van der Waals surface area contributed by atoms with E-state index < -0.39 is 17.8 Å². The van der Waals surface area contributed by atoms with E-state index in [1.54, 1.807) is 0 Å². The van der Waals surface area contributed by atoms with E-state index in [0.29, 0.717) is 25.2 Å². The average Bonchev–Trinajstić information content (AvgIpc) is 2.86. The number of allylic oxidation sites excluding steroid dienone is 5. The van der Waals surface area contributed by atoms with Crippen molar-refractivity contribution in [3.63, 3.8) is 0 Å². The molecule has 0 amide bonds. The topological polar surface area (TPSA) is 60.7 Å². The van der Waals surface area contributed by atoms with Crippen LogP contribution in [0.5, 0.6) is 0 Å². The van der Waals surface area contributed by atoms with Crippen molar-refractivity contribution in [3.05, 3.63) is 34.9 Å². The predicted octanol–water partition coefficient (Wildman–Crippen LogP) is 4.43. The van der Waals surface area contributed by atoms with E-state index in [1.807, 2.05) is 13.8 Å². The SMILES string of the molecule is CC(C)(O)CCC1=CCC2/C(=C/C=C3CC(O)C[C@H](O)C3)CCC[C@]12C. The summed E-state index contributed by atoms with van der Waals surface area (Å²) in [6.45, 7) is 6.20. The molecule has 0 heterocycles. The molecule has 0 aromatic carbocycles. The third-order valence-corrected chi connectivity index (χ3v) is 6.79. The highest BCUT2D eigenvalue weighted by atomic mass is 16.3. The summed E-state index contributed by atoms with van der Waals surface area (Å²) in [6, 6.07) is 0. The Morgan fingerprint density at radius 1 is 1.19 bits per heavy atom. The van der Waals surface area contributed by atoms with Crippen LogP contribution in [-0.2, 0) is 0 Å². The van der Waals surface area contributed by atoms with Crippen molar-refractivity contribution in [1.82, 2.24) is 0 Å². The highest BCUT2D eigenvalue weighted by Crippen LogP contribution is 2.56. The molecule has 0 radical (unpaired) electrons. The van der Waals surface area contributed by atoms with Crippen molar-refractivity contribution in [2.75, 3.05) is 0 Å². The molecule has 2 fully saturated rings. The van der Waals surface area contributed by atoms with Crippen LogP contribution in [0.15, 0.2) is 34.9 Å². The molecule has 0 bridgehead atoms. The van der Waals surface area contributed by atoms with Gasteiger partial charge in [0.15, 0.2) is 0 Å². The lowest BCUT2D eigenvalue weighted by molar-refractivity contribution is 0.0609. The highest BCUT2D eigenvalue weighted by Gasteiger charge is 2.44. The highest BCUT2D eigenvalue weighted by molar-refractivity contribution is 5.33. The molecule has 0 aromatic rings. The lowest BCUT2D eigenvalue weighted by atomic mass is 9.63. The van der Waals surface area contributed by atoms with E-state index in [1.165, 1.54) is 29.6 Å². The van der Waals surface area contributed by atoms with Crippen LogP contribution in [0, 0.1) is 11.3 Å². The van der Waals surface area contributed by atoms with Crippen LogP contribution in [0.3, 0.4) is 0 Å². The maximum absolute atomic E-state index is 10.1. The third kappa shape index (κ3) is 4.49. The second kappa shape index (κ2) is 7.61. The summed E-state index contributed by atoms with van der Waals surface area (Å²) in [6.07, 6.45) is 14.5. The molecule has 0 saturated heterocycles. The van der Waals surface area contributed by atoms with Gasteiger partial charge < -0.3 is 15.3 Å². The van der Waals surface area contributed by atoms with Crippen LogP contribution < -0.4 is 0 Å². The van der Waals surface area contributed by atoms with Gasteiger partial charge in [-0.15, -0.1) is 0 Å². The van der Waals surface area contributed by atoms with Gasteiger partial charge in [-0.3, -0.25) is 0 Å². The van der Waals surface area contributed by atoms with Crippen LogP contribution in [0.25, 0.3) is 0 Å². The minimum Gasteiger partial charge on any atom is -0.393 e. The maximum Gasteiger partial charge on any atom is 0.0602 e. The quantitative estimate of drug-likeness (QED) is 0.650. The summed E-state index contributed by atoms with van der Waals surface area (Å²) in [7, 11) is 0. The monoisotopic (exact) mass is 360 g/mol. The van der Waals surface area contributed by atoms with Gasteiger partial charge in [-0.1, -0.05) is 41.9 Å². The van der Waals surface area contributed by atoms with E-state index in [4.69, 9.17) is 0 Å². The predicted molar refractivity (Wildman–Crippen MR) is 106 cm³/mol. The largest absolute Gasteiger partial charge is 0.393 e. The zero-order valence-corrected chi connectivity index (χ0v) is 16.7. The van der Waals surface area contributed by atoms with Crippen molar-refractivity contribution in [3.8, 4) is 0 Å². The molecule has 3 heteroatoms. The van der Waals surface area contributed by atoms with E-state index in [-0.39, 0.29) is 5.41 Å². The Hall–Kier alpha value is -0.900. The maximum atomic E-state index is 10.1. The summed E-state index contributed by atoms with van der Waals surface area (Å²) in [4.78, 5) is 0. The van der Waals surface area contributed by atoms with Gasteiger partial charge in [0, 0.05) is 0 Å². The standard InChI is InChI=1S/C23H36O3/c1-22(2,26)12-10-18-8-9-21-17(5-4-11-23(18,21)3)7-6-16-13-19(24)15-20(25)14-16/h6-8,19-21,24-26H,4-5,9-15H2,1-3H3/b16-6?,17-7+/t19-,20?,21?,23-/m1/s1. The van der Waals surface area contributed by atoms with Gasteiger partial charge in [0.25, 0.3) is 0 Å². The molecule has 26 heavy (non-hydrogen) atoms. The number of rotatable bonds is 4. The van der Waals surface area contributed by atoms with Crippen molar-refractivity contribution in [2.24, 2.45) is 11.3 Å². The first-order valence-corrected chi connectivity index (χ1v) is 10.3. The van der Waals surface area contributed by atoms with Gasteiger partial charge >= 0.3 is 0 Å². The summed E-state index contributed by atoms with van der Waals surface area (Å²) in [5.74, 6) is 0.573. The second-order valence-corrected chi connectivity index (χ2v) is 9.62. The third-order valence-electron chi connectivity index (χ3n) is 6.79. The molecule has 4 atom stereocenters. The number of aliphatic hydroxyl groups is 3. The average molecular weight is 361 g/mol. The summed E-state index contributed by atoms with van der Waals surface area (Å²) in [5.41, 5.74) is 3.86. The van der Waals surface area contributed by atoms with Crippen LogP contribution >= 0.6 is 0 Å². The molecule has 2 saturated carbocycles. The zero-order valence-electron chi connectivity index (χ0n) is 16.7. The molecule has 0 aliphatic heterocycles. The Morgan fingerprint density at radius 2 is 1.88 bits per heavy atom. The first-order chi connectivity index (χ1) is 12.2. The normalized spacial score (nSPS) is 38.5. The fraction of sp³-hybridized carbons (Fsp3) is 0.739. The van der Waals surface area contributed by atoms with Gasteiger partial charge in [-0.25, -0.2) is 0 Å². The van der Waals surface area contributed by atoms with Gasteiger partial charge in [0.2, 0.25) is 0 Å². The zero-order chi connectivity index (χ0) is 18.9. The van der Waals surface area contributed by atoms with E-state index in [9.17, 15) is 15.3 Å². The van der Waals surface area contributed by atoms with Crippen molar-refractivity contribution >= 4 is 0 Å². The Bertz CT molecular complexity index is 595. The Kier molecular flexibility index (Phi) is 5.81. The minimum atomic E-state index is -0.601. The summed E-state index contributed by atoms with van der Waals surface area (Å²) >= 11 is 0. The van der Waals surface area contributed by atoms with Gasteiger partial charge in [0.1, 0.15) is 0 Å². The number of aliphatic hydroxyl groups excluding tert-OH is 2. The molecule has 0 aromatic heterocycles. The van der Waals surface area contributed by atoms with E-state index in [0.717, 1.165) is 25.7 Å². The molecular weight excluding hydrogens is 324 g/mol. The lowest BCUT2D eigenvalue weighted by Gasteiger charge is -2.41. The fourth-order valence-electron chi connectivity index (χ4n) is 5.26. The van der Waals surface area contributed by atoms with Crippen molar-refractivity contribution in [1.29, 1.82) is 0 Å². The van der Waals surface area contributed by atoms with E-state index >= 15 is 0 Å².